The van der Waals surface area contributed by atoms with E-state index in [4.69, 9.17) is 0 Å². The van der Waals surface area contributed by atoms with Crippen LogP contribution in [0.5, 0.6) is 0 Å². The normalized spacial score (nSPS) is 22.3. The van der Waals surface area contributed by atoms with Crippen molar-refractivity contribution in [2.24, 2.45) is 0 Å². The molecule has 1 saturated carbocycles. The molecule has 0 amide bonds. The van der Waals surface area contributed by atoms with Crippen molar-refractivity contribution in [3.63, 3.8) is 0 Å². The summed E-state index contributed by atoms with van der Waals surface area (Å²) in [6, 6.07) is 13.7. The molecule has 1 heterocycles. The molecule has 1 fully saturated rings. The quantitative estimate of drug-likeness (QED) is 0.906. The van der Waals surface area contributed by atoms with Gasteiger partial charge in [-0.05, 0) is 50.2 Å². The van der Waals surface area contributed by atoms with E-state index in [1.165, 1.54) is 36.9 Å². The van der Waals surface area contributed by atoms with E-state index in [-0.39, 0.29) is 0 Å². The van der Waals surface area contributed by atoms with Gasteiger partial charge in [0, 0.05) is 25.3 Å². The van der Waals surface area contributed by atoms with Crippen molar-refractivity contribution >= 4 is 0 Å². The topological polar surface area (TPSA) is 29.9 Å². The van der Waals surface area contributed by atoms with Crippen LogP contribution < -0.4 is 5.32 Å². The Labute approximate surface area is 127 Å². The fourth-order valence-corrected chi connectivity index (χ4v) is 3.40. The van der Waals surface area contributed by atoms with Crippen LogP contribution in [-0.4, -0.2) is 15.8 Å². The van der Waals surface area contributed by atoms with E-state index in [2.05, 4.69) is 58.4 Å². The summed E-state index contributed by atoms with van der Waals surface area (Å²) >= 11 is 0. The first kappa shape index (κ1) is 14.3. The van der Waals surface area contributed by atoms with Crippen LogP contribution in [0.3, 0.4) is 0 Å². The van der Waals surface area contributed by atoms with E-state index >= 15 is 0 Å². The molecule has 0 unspecified atom stereocenters. The summed E-state index contributed by atoms with van der Waals surface area (Å²) in [6.45, 7) is 4.03. The monoisotopic (exact) mass is 283 g/mol. The molecule has 1 N–H and O–H groups in total. The zero-order chi connectivity index (χ0) is 14.5. The average Bonchev–Trinajstić information content (AvgIpc) is 3.02. The Morgan fingerprint density at radius 1 is 1.10 bits per heavy atom. The van der Waals surface area contributed by atoms with Crippen LogP contribution in [-0.2, 0) is 13.1 Å². The van der Waals surface area contributed by atoms with Crippen molar-refractivity contribution < 1.29 is 0 Å². The molecule has 3 heteroatoms. The number of hydrogen-bond acceptors (Lipinski definition) is 2. The lowest BCUT2D eigenvalue weighted by atomic mass is 9.82. The van der Waals surface area contributed by atoms with Gasteiger partial charge in [-0.3, -0.25) is 4.68 Å². The van der Waals surface area contributed by atoms with Crippen LogP contribution in [0, 0.1) is 0 Å². The molecule has 0 saturated heterocycles. The predicted octanol–water partition coefficient (Wildman–Crippen LogP) is 3.72. The zero-order valence-corrected chi connectivity index (χ0v) is 12.8. The number of aryl methyl sites for hydroxylation is 1. The lowest BCUT2D eigenvalue weighted by Gasteiger charge is -2.29. The molecule has 3 rings (SSSR count). The Hall–Kier alpha value is -1.61. The van der Waals surface area contributed by atoms with Crippen LogP contribution in [0.25, 0.3) is 0 Å². The molecule has 0 spiro atoms. The van der Waals surface area contributed by atoms with Gasteiger partial charge in [-0.25, -0.2) is 0 Å². The lowest BCUT2D eigenvalue weighted by Crippen LogP contribution is -2.33. The largest absolute Gasteiger partial charge is 0.308 e. The van der Waals surface area contributed by atoms with Crippen molar-refractivity contribution in [1.29, 1.82) is 0 Å². The van der Waals surface area contributed by atoms with Gasteiger partial charge in [0.05, 0.1) is 5.69 Å². The zero-order valence-electron chi connectivity index (χ0n) is 12.8. The summed E-state index contributed by atoms with van der Waals surface area (Å²) < 4.78 is 2.07. The molecule has 21 heavy (non-hydrogen) atoms. The summed E-state index contributed by atoms with van der Waals surface area (Å²) in [6.07, 6.45) is 7.05. The first-order valence-electron chi connectivity index (χ1n) is 8.16. The van der Waals surface area contributed by atoms with E-state index in [1.54, 1.807) is 0 Å². The fourth-order valence-electron chi connectivity index (χ4n) is 3.40. The van der Waals surface area contributed by atoms with Gasteiger partial charge in [0.1, 0.15) is 0 Å². The van der Waals surface area contributed by atoms with Gasteiger partial charge in [-0.1, -0.05) is 30.3 Å². The van der Waals surface area contributed by atoms with Gasteiger partial charge in [0.15, 0.2) is 0 Å². The smallest absolute Gasteiger partial charge is 0.0522 e. The highest BCUT2D eigenvalue weighted by atomic mass is 15.3. The summed E-state index contributed by atoms with van der Waals surface area (Å²) in [5, 5.41) is 8.04. The summed E-state index contributed by atoms with van der Waals surface area (Å²) in [5.74, 6) is 0.755. The molecule has 0 bridgehead atoms. The molecule has 1 aliphatic rings. The molecule has 3 nitrogen and oxygen atoms in total. The first-order valence-corrected chi connectivity index (χ1v) is 8.16. The van der Waals surface area contributed by atoms with E-state index in [0.717, 1.165) is 19.0 Å². The van der Waals surface area contributed by atoms with Gasteiger partial charge >= 0.3 is 0 Å². The molecule has 1 aliphatic carbocycles. The summed E-state index contributed by atoms with van der Waals surface area (Å²) in [5.41, 5.74) is 2.81. The van der Waals surface area contributed by atoms with Crippen LogP contribution in [0.1, 0.15) is 49.8 Å². The number of nitrogens with one attached hydrogen (secondary N) is 1. The number of aromatic nitrogens is 2. The third kappa shape index (κ3) is 3.53. The fraction of sp³-hybridized carbons (Fsp3) is 0.500. The minimum Gasteiger partial charge on any atom is -0.308 e. The maximum absolute atomic E-state index is 4.33. The predicted molar refractivity (Wildman–Crippen MR) is 86.2 cm³/mol. The van der Waals surface area contributed by atoms with Crippen LogP contribution in [0.4, 0.5) is 0 Å². The molecule has 0 radical (unpaired) electrons. The maximum Gasteiger partial charge on any atom is 0.0522 e. The number of nitrogens with zero attached hydrogens (tertiary/aromatic N) is 2. The second kappa shape index (κ2) is 6.90. The number of benzene rings is 1. The highest BCUT2D eigenvalue weighted by Crippen LogP contribution is 2.32. The first-order chi connectivity index (χ1) is 10.4. The molecule has 2 aromatic rings. The SMILES string of the molecule is CCn1nccc1CNC1CCC(c2ccccc2)CC1. The van der Waals surface area contributed by atoms with Crippen LogP contribution in [0.15, 0.2) is 42.6 Å². The van der Waals surface area contributed by atoms with E-state index in [0.29, 0.717) is 6.04 Å². The van der Waals surface area contributed by atoms with Crippen molar-refractivity contribution in [1.82, 2.24) is 15.1 Å². The minimum absolute atomic E-state index is 0.658. The lowest BCUT2D eigenvalue weighted by molar-refractivity contribution is 0.338. The van der Waals surface area contributed by atoms with Gasteiger partial charge < -0.3 is 5.32 Å². The molecule has 112 valence electrons. The standard InChI is InChI=1S/C18H25N3/c1-2-21-18(12-13-20-21)14-19-17-10-8-16(9-11-17)15-6-4-3-5-7-15/h3-7,12-13,16-17,19H,2,8-11,14H2,1H3. The average molecular weight is 283 g/mol. The van der Waals surface area contributed by atoms with Crippen molar-refractivity contribution in [3.8, 4) is 0 Å². The van der Waals surface area contributed by atoms with Crippen molar-refractivity contribution in [2.75, 3.05) is 0 Å². The maximum atomic E-state index is 4.33. The third-order valence-electron chi connectivity index (χ3n) is 4.67. The van der Waals surface area contributed by atoms with E-state index in [1.807, 2.05) is 6.20 Å². The highest BCUT2D eigenvalue weighted by molar-refractivity contribution is 5.20. The second-order valence-corrected chi connectivity index (χ2v) is 5.98. The van der Waals surface area contributed by atoms with Gasteiger partial charge in [-0.2, -0.15) is 5.10 Å². The Bertz CT molecular complexity index is 539. The van der Waals surface area contributed by atoms with Gasteiger partial charge in [0.2, 0.25) is 0 Å². The summed E-state index contributed by atoms with van der Waals surface area (Å²) in [4.78, 5) is 0. The third-order valence-corrected chi connectivity index (χ3v) is 4.67. The molecular formula is C18H25N3. The molecule has 1 aromatic heterocycles. The molecule has 0 atom stereocenters. The Morgan fingerprint density at radius 3 is 2.57 bits per heavy atom. The number of hydrogen-bond donors (Lipinski definition) is 1. The molecule has 0 aliphatic heterocycles. The van der Waals surface area contributed by atoms with Gasteiger partial charge in [0.25, 0.3) is 0 Å². The van der Waals surface area contributed by atoms with Crippen molar-refractivity contribution in [2.45, 2.75) is 57.7 Å². The Morgan fingerprint density at radius 2 is 1.86 bits per heavy atom. The van der Waals surface area contributed by atoms with Crippen LogP contribution in [0.2, 0.25) is 0 Å². The van der Waals surface area contributed by atoms with E-state index < -0.39 is 0 Å². The Balaban J connectivity index is 1.48. The van der Waals surface area contributed by atoms with E-state index in [9.17, 15) is 0 Å². The highest BCUT2D eigenvalue weighted by Gasteiger charge is 2.21. The second-order valence-electron chi connectivity index (χ2n) is 5.98. The van der Waals surface area contributed by atoms with Crippen LogP contribution >= 0.6 is 0 Å². The minimum atomic E-state index is 0.658. The van der Waals surface area contributed by atoms with Crippen molar-refractivity contribution in [3.05, 3.63) is 53.9 Å². The molecule has 1 aromatic carbocycles. The number of rotatable bonds is 5. The molecular weight excluding hydrogens is 258 g/mol. The van der Waals surface area contributed by atoms with Gasteiger partial charge in [-0.15, -0.1) is 0 Å². The summed E-state index contributed by atoms with van der Waals surface area (Å²) in [7, 11) is 0. The Kier molecular flexibility index (Phi) is 4.71.